The van der Waals surface area contributed by atoms with E-state index in [0.717, 1.165) is 47.5 Å². The summed E-state index contributed by atoms with van der Waals surface area (Å²) >= 11 is 0. The van der Waals surface area contributed by atoms with Crippen molar-refractivity contribution in [3.05, 3.63) is 71.6 Å². The van der Waals surface area contributed by atoms with Crippen LogP contribution in [0.2, 0.25) is 0 Å². The number of carbonyl (C=O) groups is 1. The second-order valence-electron chi connectivity index (χ2n) is 9.11. The second kappa shape index (κ2) is 8.87. The normalized spacial score (nSPS) is 15.8. The van der Waals surface area contributed by atoms with Gasteiger partial charge in [-0.05, 0) is 67.6 Å². The molecule has 0 radical (unpaired) electrons. The van der Waals surface area contributed by atoms with E-state index in [2.05, 4.69) is 47.4 Å². The first-order valence-electron chi connectivity index (χ1n) is 11.7. The molecule has 4 N–H and O–H groups in total. The topological polar surface area (TPSA) is 110 Å². The summed E-state index contributed by atoms with van der Waals surface area (Å²) in [6.45, 7) is 7.34. The average Bonchev–Trinajstić information content (AvgIpc) is 3.47. The van der Waals surface area contributed by atoms with Crippen molar-refractivity contribution in [3.8, 4) is 11.3 Å². The molecule has 1 atom stereocenters. The van der Waals surface area contributed by atoms with Gasteiger partial charge in [0.15, 0.2) is 0 Å². The summed E-state index contributed by atoms with van der Waals surface area (Å²) in [5.41, 5.74) is 11.9. The second-order valence-corrected chi connectivity index (χ2v) is 9.11. The lowest BCUT2D eigenvalue weighted by atomic mass is 9.98. The van der Waals surface area contributed by atoms with Crippen molar-refractivity contribution in [1.29, 1.82) is 0 Å². The van der Waals surface area contributed by atoms with E-state index in [1.807, 2.05) is 28.8 Å². The number of nitrogens with zero attached hydrogens (tertiary/aromatic N) is 4. The number of carbonyl (C=O) groups excluding carboxylic acids is 1. The molecule has 8 nitrogen and oxygen atoms in total. The maximum Gasteiger partial charge on any atom is 0.274 e. The highest BCUT2D eigenvalue weighted by molar-refractivity contribution is 6.03. The van der Waals surface area contributed by atoms with Crippen molar-refractivity contribution in [3.63, 3.8) is 0 Å². The van der Waals surface area contributed by atoms with Crippen LogP contribution in [0.15, 0.2) is 48.9 Å². The Hall–Kier alpha value is -3.78. The zero-order valence-electron chi connectivity index (χ0n) is 19.7. The molecular formula is C26H29N7O. The molecule has 1 aliphatic heterocycles. The number of aryl methyl sites for hydroxylation is 1. The summed E-state index contributed by atoms with van der Waals surface area (Å²) < 4.78 is 2.00. The van der Waals surface area contributed by atoms with Crippen LogP contribution >= 0.6 is 0 Å². The van der Waals surface area contributed by atoms with Crippen LogP contribution in [0.3, 0.4) is 0 Å². The van der Waals surface area contributed by atoms with Gasteiger partial charge in [-0.25, -0.2) is 9.97 Å². The Kier molecular flexibility index (Phi) is 5.75. The molecule has 0 spiro atoms. The van der Waals surface area contributed by atoms with Gasteiger partial charge in [0.1, 0.15) is 28.5 Å². The van der Waals surface area contributed by atoms with Crippen molar-refractivity contribution < 1.29 is 4.79 Å². The van der Waals surface area contributed by atoms with Gasteiger partial charge in [0, 0.05) is 29.8 Å². The van der Waals surface area contributed by atoms with Gasteiger partial charge in [-0.2, -0.15) is 0 Å². The van der Waals surface area contributed by atoms with E-state index in [9.17, 15) is 4.79 Å². The minimum Gasteiger partial charge on any atom is -0.382 e. The van der Waals surface area contributed by atoms with Gasteiger partial charge in [0.05, 0.1) is 6.04 Å². The first kappa shape index (κ1) is 22.0. The molecule has 1 saturated heterocycles. The number of nitrogens with two attached hydrogens (primary N) is 1. The van der Waals surface area contributed by atoms with Crippen molar-refractivity contribution >= 4 is 22.9 Å². The molecule has 0 unspecified atom stereocenters. The molecule has 3 aromatic heterocycles. The molecule has 8 heteroatoms. The van der Waals surface area contributed by atoms with Gasteiger partial charge in [-0.3, -0.25) is 14.2 Å². The van der Waals surface area contributed by atoms with E-state index in [1.165, 1.54) is 5.56 Å². The van der Waals surface area contributed by atoms with Gasteiger partial charge in [0.2, 0.25) is 0 Å². The molecule has 4 heterocycles. The third-order valence-corrected chi connectivity index (χ3v) is 6.40. The SMILES string of the molecule is Cc1cc(NC(=O)c2cc(-c3nc([C@@H]4CCCN4)n4ccnc(N)c34)ccn2)ccc1C(C)C. The molecule has 34 heavy (non-hydrogen) atoms. The number of amides is 1. The number of fused-ring (bicyclic) bond motifs is 1. The Balaban J connectivity index is 1.49. The van der Waals surface area contributed by atoms with Crippen molar-refractivity contribution in [2.45, 2.75) is 45.6 Å². The van der Waals surface area contributed by atoms with E-state index in [-0.39, 0.29) is 11.9 Å². The number of pyridine rings is 1. The zero-order chi connectivity index (χ0) is 23.8. The van der Waals surface area contributed by atoms with Gasteiger partial charge < -0.3 is 16.4 Å². The molecule has 4 aromatic rings. The molecule has 0 aliphatic carbocycles. The molecule has 1 aromatic carbocycles. The van der Waals surface area contributed by atoms with E-state index in [0.29, 0.717) is 23.1 Å². The van der Waals surface area contributed by atoms with Crippen LogP contribution in [-0.2, 0) is 0 Å². The fourth-order valence-electron chi connectivity index (χ4n) is 4.74. The Bertz CT molecular complexity index is 1370. The molecule has 0 bridgehead atoms. The van der Waals surface area contributed by atoms with Crippen LogP contribution in [0, 0.1) is 6.92 Å². The lowest BCUT2D eigenvalue weighted by molar-refractivity contribution is 0.102. The van der Waals surface area contributed by atoms with Gasteiger partial charge in [0.25, 0.3) is 5.91 Å². The number of nitrogen functional groups attached to an aromatic ring is 1. The number of hydrogen-bond acceptors (Lipinski definition) is 6. The predicted molar refractivity (Wildman–Crippen MR) is 134 cm³/mol. The summed E-state index contributed by atoms with van der Waals surface area (Å²) in [5.74, 6) is 1.46. The highest BCUT2D eigenvalue weighted by Crippen LogP contribution is 2.32. The summed E-state index contributed by atoms with van der Waals surface area (Å²) in [4.78, 5) is 26.6. The van der Waals surface area contributed by atoms with Crippen LogP contribution in [-0.4, -0.2) is 31.8 Å². The highest BCUT2D eigenvalue weighted by Gasteiger charge is 2.25. The van der Waals surface area contributed by atoms with Crippen molar-refractivity contribution in [2.24, 2.45) is 0 Å². The molecule has 5 rings (SSSR count). The van der Waals surface area contributed by atoms with Crippen LogP contribution in [0.25, 0.3) is 16.8 Å². The molecule has 1 aliphatic rings. The van der Waals surface area contributed by atoms with E-state index < -0.39 is 0 Å². The summed E-state index contributed by atoms with van der Waals surface area (Å²) in [6, 6.07) is 9.74. The minimum absolute atomic E-state index is 0.157. The maximum atomic E-state index is 13.0. The predicted octanol–water partition coefficient (Wildman–Crippen LogP) is 4.48. The lowest BCUT2D eigenvalue weighted by Crippen LogP contribution is -2.16. The van der Waals surface area contributed by atoms with Gasteiger partial charge in [-0.1, -0.05) is 19.9 Å². The lowest BCUT2D eigenvalue weighted by Gasteiger charge is -2.12. The number of nitrogens with one attached hydrogen (secondary N) is 2. The third kappa shape index (κ3) is 4.01. The zero-order valence-corrected chi connectivity index (χ0v) is 19.7. The Morgan fingerprint density at radius 3 is 2.79 bits per heavy atom. The van der Waals surface area contributed by atoms with Gasteiger partial charge in [-0.15, -0.1) is 0 Å². The average molecular weight is 456 g/mol. The number of anilines is 2. The fraction of sp³-hybridized carbons (Fsp3) is 0.308. The number of benzene rings is 1. The molecule has 174 valence electrons. The largest absolute Gasteiger partial charge is 0.382 e. The number of aromatic nitrogens is 4. The standard InChI is InChI=1S/C26H29N7O/c1-15(2)19-7-6-18(13-16(19)3)31-26(34)21-14-17(8-10-29-21)22-23-24(27)30-11-12-33(23)25(32-22)20-5-4-9-28-20/h6-8,10-15,20,28H,4-5,9H2,1-3H3,(H2,27,30)(H,31,34)/t20-/m0/s1. The van der Waals surface area contributed by atoms with Crippen molar-refractivity contribution in [1.82, 2.24) is 24.7 Å². The summed E-state index contributed by atoms with van der Waals surface area (Å²) in [6.07, 6.45) is 7.31. The number of imidazole rings is 1. The van der Waals surface area contributed by atoms with Crippen LogP contribution in [0.5, 0.6) is 0 Å². The van der Waals surface area contributed by atoms with Crippen molar-refractivity contribution in [2.75, 3.05) is 17.6 Å². The quantitative estimate of drug-likeness (QED) is 0.409. The number of rotatable bonds is 5. The van der Waals surface area contributed by atoms with E-state index in [4.69, 9.17) is 10.7 Å². The van der Waals surface area contributed by atoms with E-state index in [1.54, 1.807) is 18.5 Å². The van der Waals surface area contributed by atoms with Crippen LogP contribution in [0.1, 0.15) is 66.1 Å². The monoisotopic (exact) mass is 455 g/mol. The maximum absolute atomic E-state index is 13.0. The highest BCUT2D eigenvalue weighted by atomic mass is 16.1. The minimum atomic E-state index is -0.272. The summed E-state index contributed by atoms with van der Waals surface area (Å²) in [5, 5.41) is 6.47. The first-order valence-corrected chi connectivity index (χ1v) is 11.7. The molecular weight excluding hydrogens is 426 g/mol. The Morgan fingerprint density at radius 2 is 2.06 bits per heavy atom. The van der Waals surface area contributed by atoms with Crippen LogP contribution in [0.4, 0.5) is 11.5 Å². The smallest absolute Gasteiger partial charge is 0.274 e. The fourth-order valence-corrected chi connectivity index (χ4v) is 4.74. The number of hydrogen-bond donors (Lipinski definition) is 3. The summed E-state index contributed by atoms with van der Waals surface area (Å²) in [7, 11) is 0. The molecule has 1 fully saturated rings. The first-order chi connectivity index (χ1) is 16.4. The Morgan fingerprint density at radius 1 is 1.21 bits per heavy atom. The van der Waals surface area contributed by atoms with Gasteiger partial charge >= 0.3 is 0 Å². The third-order valence-electron chi connectivity index (χ3n) is 6.40. The Labute approximate surface area is 198 Å². The molecule has 1 amide bonds. The van der Waals surface area contributed by atoms with Crippen LogP contribution < -0.4 is 16.4 Å². The molecule has 0 saturated carbocycles. The van der Waals surface area contributed by atoms with E-state index >= 15 is 0 Å².